The molecule has 1 spiro atoms. The summed E-state index contributed by atoms with van der Waals surface area (Å²) >= 11 is 6.59. The van der Waals surface area contributed by atoms with Gasteiger partial charge in [-0.05, 0) is 110 Å². The van der Waals surface area contributed by atoms with Crippen molar-refractivity contribution in [2.45, 2.75) is 57.7 Å². The van der Waals surface area contributed by atoms with Crippen LogP contribution in [0.1, 0.15) is 81.2 Å². The molecule has 4 aliphatic rings. The summed E-state index contributed by atoms with van der Waals surface area (Å²) < 4.78 is 2.11. The minimum absolute atomic E-state index is 0.0304. The molecule has 4 aromatic rings. The molecule has 44 heavy (non-hydrogen) atoms. The lowest BCUT2D eigenvalue weighted by Crippen LogP contribution is -2.48. The molecule has 5 heterocycles. The van der Waals surface area contributed by atoms with Crippen LogP contribution in [0.25, 0.3) is 10.9 Å². The Morgan fingerprint density at radius 3 is 2.52 bits per heavy atom. The van der Waals surface area contributed by atoms with Gasteiger partial charge in [0.15, 0.2) is 0 Å². The maximum Gasteiger partial charge on any atom is 0.257 e. The van der Waals surface area contributed by atoms with Crippen LogP contribution in [0.4, 0.5) is 0 Å². The first kappa shape index (κ1) is 27.8. The third-order valence-corrected chi connectivity index (χ3v) is 11.4. The first-order valence-electron chi connectivity index (χ1n) is 16.0. The molecule has 3 aliphatic heterocycles. The molecule has 1 atom stereocenters. The van der Waals surface area contributed by atoms with Crippen molar-refractivity contribution < 1.29 is 9.59 Å². The molecule has 0 saturated carbocycles. The van der Waals surface area contributed by atoms with Gasteiger partial charge >= 0.3 is 0 Å². The number of carbonyl (C=O) groups is 2. The zero-order valence-corrected chi connectivity index (χ0v) is 26.0. The maximum atomic E-state index is 13.9. The number of nitrogens with zero attached hydrogens (tertiary/aromatic N) is 5. The summed E-state index contributed by atoms with van der Waals surface area (Å²) in [4.78, 5) is 38.4. The van der Waals surface area contributed by atoms with Gasteiger partial charge < -0.3 is 14.4 Å². The quantitative estimate of drug-likeness (QED) is 0.270. The van der Waals surface area contributed by atoms with Crippen LogP contribution in [-0.4, -0.2) is 62.2 Å². The number of benzene rings is 2. The number of hydrogen-bond donors (Lipinski definition) is 0. The second-order valence-corrected chi connectivity index (χ2v) is 13.7. The van der Waals surface area contributed by atoms with E-state index < -0.39 is 0 Å². The molecule has 2 amide bonds. The molecule has 8 heteroatoms. The van der Waals surface area contributed by atoms with E-state index in [1.165, 1.54) is 24.0 Å². The van der Waals surface area contributed by atoms with Crippen LogP contribution in [0.15, 0.2) is 60.9 Å². The monoisotopic (exact) mass is 607 g/mol. The number of carbonyl (C=O) groups excluding carboxylic acids is 2. The highest BCUT2D eigenvalue weighted by Crippen LogP contribution is 2.45. The van der Waals surface area contributed by atoms with E-state index >= 15 is 0 Å². The summed E-state index contributed by atoms with van der Waals surface area (Å²) in [6.45, 7) is 5.41. The fourth-order valence-corrected chi connectivity index (χ4v) is 8.64. The van der Waals surface area contributed by atoms with E-state index in [2.05, 4.69) is 43.6 Å². The number of hydrogen-bond acceptors (Lipinski definition) is 4. The molecule has 8 rings (SSSR count). The van der Waals surface area contributed by atoms with Gasteiger partial charge in [0.2, 0.25) is 0 Å². The Kier molecular flexibility index (Phi) is 6.80. The third kappa shape index (κ3) is 4.55. The zero-order valence-electron chi connectivity index (χ0n) is 25.3. The molecule has 2 aromatic carbocycles. The molecular formula is C36H38ClN5O2. The molecule has 0 bridgehead atoms. The fourth-order valence-electron chi connectivity index (χ4n) is 8.38. The number of fused-ring (bicyclic) bond motifs is 4. The predicted octanol–water partition coefficient (Wildman–Crippen LogP) is 6.39. The molecule has 7 nitrogen and oxygen atoms in total. The summed E-state index contributed by atoms with van der Waals surface area (Å²) in [7, 11) is 2.02. The van der Waals surface area contributed by atoms with Gasteiger partial charge in [0.05, 0.1) is 34.4 Å². The second-order valence-electron chi connectivity index (χ2n) is 13.3. The third-order valence-electron chi connectivity index (χ3n) is 11.1. The number of rotatable bonds is 4. The summed E-state index contributed by atoms with van der Waals surface area (Å²) in [5.41, 5.74) is 7.54. The molecule has 2 aromatic heterocycles. The van der Waals surface area contributed by atoms with E-state index in [9.17, 15) is 9.59 Å². The van der Waals surface area contributed by atoms with Crippen molar-refractivity contribution in [2.24, 2.45) is 12.5 Å². The van der Waals surface area contributed by atoms with Crippen molar-refractivity contribution in [3.63, 3.8) is 0 Å². The van der Waals surface area contributed by atoms with Crippen molar-refractivity contribution in [3.05, 3.63) is 99.5 Å². The smallest absolute Gasteiger partial charge is 0.257 e. The average Bonchev–Trinajstić information content (AvgIpc) is 3.71. The van der Waals surface area contributed by atoms with E-state index in [4.69, 9.17) is 11.6 Å². The molecule has 1 aliphatic carbocycles. The Balaban J connectivity index is 0.942. The van der Waals surface area contributed by atoms with Gasteiger partial charge in [0, 0.05) is 50.0 Å². The minimum atomic E-state index is -0.0304. The fraction of sp³-hybridized carbons (Fsp3) is 0.417. The van der Waals surface area contributed by atoms with Gasteiger partial charge in [-0.3, -0.25) is 19.5 Å². The summed E-state index contributed by atoms with van der Waals surface area (Å²) in [6.07, 6.45) is 10.1. The zero-order chi connectivity index (χ0) is 30.0. The van der Waals surface area contributed by atoms with Gasteiger partial charge in [-0.1, -0.05) is 23.7 Å². The normalized spacial score (nSPS) is 21.3. The highest BCUT2D eigenvalue weighted by molar-refractivity contribution is 6.37. The Bertz CT molecular complexity index is 1760. The van der Waals surface area contributed by atoms with Crippen LogP contribution in [-0.2, 0) is 26.6 Å². The number of likely N-dealkylation sites (tertiary alicyclic amines) is 2. The topological polar surface area (TPSA) is 61.7 Å². The summed E-state index contributed by atoms with van der Waals surface area (Å²) in [5.74, 6) is 0.165. The van der Waals surface area contributed by atoms with Gasteiger partial charge in [-0.2, -0.15) is 0 Å². The number of halogens is 1. The standard InChI is InChI=1S/C36H38ClN5O2/c1-39-30-4-2-3-28(37)32(30)33-31(39)23-42(35(33)44)29-8-7-25-5-6-26(21-27(25)29)34(43)41-19-13-36(14-20-41)11-17-40(18-12-36)22-24-9-15-38-16-10-24/h2-6,9-10,15-16,21,29H,7-8,11-14,17-20,22-23H2,1H3. The predicted molar refractivity (Wildman–Crippen MR) is 172 cm³/mol. The first-order chi connectivity index (χ1) is 21.4. The summed E-state index contributed by atoms with van der Waals surface area (Å²) in [6, 6.07) is 16.2. The van der Waals surface area contributed by atoms with Crippen molar-refractivity contribution in [3.8, 4) is 0 Å². The van der Waals surface area contributed by atoms with Crippen LogP contribution in [0, 0.1) is 5.41 Å². The van der Waals surface area contributed by atoms with E-state index in [0.717, 1.165) is 91.7 Å². The maximum absolute atomic E-state index is 13.9. The lowest BCUT2D eigenvalue weighted by Gasteiger charge is -2.47. The number of aromatic nitrogens is 2. The number of amides is 2. The summed E-state index contributed by atoms with van der Waals surface area (Å²) in [5, 5.41) is 1.47. The first-order valence-corrected chi connectivity index (χ1v) is 16.4. The van der Waals surface area contributed by atoms with Crippen LogP contribution in [0.5, 0.6) is 0 Å². The van der Waals surface area contributed by atoms with Gasteiger partial charge in [0.25, 0.3) is 11.8 Å². The minimum Gasteiger partial charge on any atom is -0.345 e. The van der Waals surface area contributed by atoms with Gasteiger partial charge in [-0.25, -0.2) is 0 Å². The molecule has 1 unspecified atom stereocenters. The molecule has 2 saturated heterocycles. The van der Waals surface area contributed by atoms with Crippen LogP contribution in [0.2, 0.25) is 5.02 Å². The number of aryl methyl sites for hydroxylation is 2. The van der Waals surface area contributed by atoms with Crippen LogP contribution >= 0.6 is 11.6 Å². The molecule has 2 fully saturated rings. The highest BCUT2D eigenvalue weighted by Gasteiger charge is 2.41. The van der Waals surface area contributed by atoms with E-state index in [0.29, 0.717) is 17.0 Å². The van der Waals surface area contributed by atoms with Crippen LogP contribution in [0.3, 0.4) is 0 Å². The van der Waals surface area contributed by atoms with E-state index in [-0.39, 0.29) is 17.9 Å². The number of piperidine rings is 2. The Morgan fingerprint density at radius 1 is 1.00 bits per heavy atom. The van der Waals surface area contributed by atoms with Crippen LogP contribution < -0.4 is 0 Å². The average molecular weight is 608 g/mol. The van der Waals surface area contributed by atoms with Crippen molar-refractivity contribution >= 4 is 34.3 Å². The number of pyridine rings is 1. The largest absolute Gasteiger partial charge is 0.345 e. The highest BCUT2D eigenvalue weighted by atomic mass is 35.5. The molecule has 0 N–H and O–H groups in total. The van der Waals surface area contributed by atoms with Gasteiger partial charge in [-0.15, -0.1) is 0 Å². The second kappa shape index (κ2) is 10.7. The van der Waals surface area contributed by atoms with E-state index in [1.807, 2.05) is 48.6 Å². The lowest BCUT2D eigenvalue weighted by molar-refractivity contribution is 0.0285. The van der Waals surface area contributed by atoms with Crippen molar-refractivity contribution in [2.75, 3.05) is 26.2 Å². The Hall–Kier alpha value is -3.68. The Labute approximate surface area is 263 Å². The molecule has 226 valence electrons. The lowest BCUT2D eigenvalue weighted by atomic mass is 9.71. The van der Waals surface area contributed by atoms with Crippen molar-refractivity contribution in [1.82, 2.24) is 24.3 Å². The SMILES string of the molecule is Cn1c2c(c3c(Cl)cccc31)C(=O)N(C1CCc3ccc(C(=O)N4CCC5(CCN(Cc6ccncc6)CC5)CC4)cc31)C2. The van der Waals surface area contributed by atoms with Gasteiger partial charge in [0.1, 0.15) is 0 Å². The van der Waals surface area contributed by atoms with E-state index in [1.54, 1.807) is 0 Å². The van der Waals surface area contributed by atoms with Crippen molar-refractivity contribution in [1.29, 1.82) is 0 Å². The Morgan fingerprint density at radius 2 is 1.75 bits per heavy atom. The molecular weight excluding hydrogens is 570 g/mol. The molecule has 0 radical (unpaired) electrons.